The molecule has 0 bridgehead atoms. The van der Waals surface area contributed by atoms with Crippen molar-refractivity contribution >= 4 is 22.8 Å². The highest BCUT2D eigenvalue weighted by atomic mass is 79.9. The van der Waals surface area contributed by atoms with Crippen molar-refractivity contribution in [3.8, 4) is 0 Å². The lowest BCUT2D eigenvalue weighted by Gasteiger charge is -2.37. The molecule has 1 aliphatic heterocycles. The van der Waals surface area contributed by atoms with E-state index >= 15 is 0 Å². The van der Waals surface area contributed by atoms with Gasteiger partial charge in [0, 0.05) is 18.0 Å². The van der Waals surface area contributed by atoms with Crippen molar-refractivity contribution in [2.45, 2.75) is 32.1 Å². The number of hydrogen-bond acceptors (Lipinski definition) is 2. The van der Waals surface area contributed by atoms with E-state index in [2.05, 4.69) is 47.4 Å². The molecule has 0 aromatic heterocycles. The second-order valence-corrected chi connectivity index (χ2v) is 7.58. The van der Waals surface area contributed by atoms with Crippen LogP contribution in [-0.4, -0.2) is 30.3 Å². The van der Waals surface area contributed by atoms with Gasteiger partial charge in [-0.15, -0.1) is 17.0 Å². The van der Waals surface area contributed by atoms with Gasteiger partial charge in [-0.05, 0) is 62.2 Å². The molecule has 1 aliphatic carbocycles. The van der Waals surface area contributed by atoms with Crippen molar-refractivity contribution in [1.29, 1.82) is 0 Å². The quantitative estimate of drug-likeness (QED) is 0.705. The second kappa shape index (κ2) is 8.96. The predicted octanol–water partition coefficient (Wildman–Crippen LogP) is 4.96. The fraction of sp³-hybridized carbons (Fsp3) is 0.435. The van der Waals surface area contributed by atoms with Crippen molar-refractivity contribution in [3.63, 3.8) is 0 Å². The van der Waals surface area contributed by atoms with Crippen LogP contribution in [0.15, 0.2) is 54.6 Å². The zero-order valence-corrected chi connectivity index (χ0v) is 17.0. The van der Waals surface area contributed by atoms with Gasteiger partial charge in [0.05, 0.1) is 0 Å². The zero-order chi connectivity index (χ0) is 17.1. The van der Waals surface area contributed by atoms with E-state index in [1.54, 1.807) is 0 Å². The van der Waals surface area contributed by atoms with Gasteiger partial charge in [0.1, 0.15) is 0 Å². The predicted molar refractivity (Wildman–Crippen MR) is 112 cm³/mol. The highest BCUT2D eigenvalue weighted by molar-refractivity contribution is 8.93. The number of rotatable bonds is 4. The van der Waals surface area contributed by atoms with Crippen molar-refractivity contribution in [2.75, 3.05) is 19.6 Å². The van der Waals surface area contributed by atoms with E-state index in [9.17, 15) is 4.79 Å². The molecule has 2 aromatic rings. The highest BCUT2D eigenvalue weighted by Gasteiger charge is 2.34. The first-order valence-corrected chi connectivity index (χ1v) is 9.69. The van der Waals surface area contributed by atoms with Crippen LogP contribution in [0.5, 0.6) is 0 Å². The smallest absolute Gasteiger partial charge is 0.166 e. The Morgan fingerprint density at radius 1 is 0.885 bits per heavy atom. The molecule has 138 valence electrons. The standard InChI is InChI=1S/C23H27NO.BrH/c25-23-21-9-5-4-8-19(21)10-11-22(23)20-13-16-24(17-14-20)15-12-18-6-2-1-3-7-18;/h1-9,20,22H,10-17H2;1H. The minimum absolute atomic E-state index is 0. The van der Waals surface area contributed by atoms with Crippen LogP contribution in [0.1, 0.15) is 40.7 Å². The summed E-state index contributed by atoms with van der Waals surface area (Å²) in [6.45, 7) is 3.42. The number of Topliss-reactive ketones (excluding diaryl/α,β-unsaturated/α-hetero) is 1. The molecule has 0 spiro atoms. The third kappa shape index (κ3) is 4.27. The Morgan fingerprint density at radius 2 is 1.58 bits per heavy atom. The molecule has 1 heterocycles. The molecule has 0 saturated carbocycles. The van der Waals surface area contributed by atoms with Crippen molar-refractivity contribution in [3.05, 3.63) is 71.3 Å². The lowest BCUT2D eigenvalue weighted by atomic mass is 9.73. The van der Waals surface area contributed by atoms with E-state index < -0.39 is 0 Å². The van der Waals surface area contributed by atoms with E-state index in [4.69, 9.17) is 0 Å². The lowest BCUT2D eigenvalue weighted by Crippen LogP contribution is -2.40. The van der Waals surface area contributed by atoms with Crippen molar-refractivity contribution < 1.29 is 4.79 Å². The normalized spacial score (nSPS) is 21.1. The molecule has 1 saturated heterocycles. The summed E-state index contributed by atoms with van der Waals surface area (Å²) in [6, 6.07) is 18.9. The maximum atomic E-state index is 12.9. The number of hydrogen-bond donors (Lipinski definition) is 0. The molecule has 26 heavy (non-hydrogen) atoms. The monoisotopic (exact) mass is 413 g/mol. The maximum Gasteiger partial charge on any atom is 0.166 e. The summed E-state index contributed by atoms with van der Waals surface area (Å²) in [7, 11) is 0. The van der Waals surface area contributed by atoms with Crippen LogP contribution in [0.2, 0.25) is 0 Å². The average molecular weight is 414 g/mol. The Kier molecular flexibility index (Phi) is 6.66. The Morgan fingerprint density at radius 3 is 2.35 bits per heavy atom. The molecule has 3 heteroatoms. The summed E-state index contributed by atoms with van der Waals surface area (Å²) in [6.07, 6.45) is 5.59. The topological polar surface area (TPSA) is 20.3 Å². The number of piperidine rings is 1. The van der Waals surface area contributed by atoms with Crippen LogP contribution in [0.25, 0.3) is 0 Å². The van der Waals surface area contributed by atoms with Crippen molar-refractivity contribution in [1.82, 2.24) is 4.90 Å². The Bertz CT molecular complexity index is 722. The van der Waals surface area contributed by atoms with Gasteiger partial charge in [0.15, 0.2) is 5.78 Å². The summed E-state index contributed by atoms with van der Waals surface area (Å²) < 4.78 is 0. The van der Waals surface area contributed by atoms with Crippen LogP contribution >= 0.6 is 17.0 Å². The fourth-order valence-corrected chi connectivity index (χ4v) is 4.58. The number of fused-ring (bicyclic) bond motifs is 1. The number of carbonyl (C=O) groups is 1. The molecule has 2 aliphatic rings. The largest absolute Gasteiger partial charge is 0.303 e. The van der Waals surface area contributed by atoms with E-state index in [0.717, 1.165) is 44.5 Å². The summed E-state index contributed by atoms with van der Waals surface area (Å²) in [5.41, 5.74) is 3.66. The van der Waals surface area contributed by atoms with Gasteiger partial charge in [0.25, 0.3) is 0 Å². The molecule has 0 N–H and O–H groups in total. The zero-order valence-electron chi connectivity index (χ0n) is 15.3. The Hall–Kier alpha value is -1.45. The first-order chi connectivity index (χ1) is 12.3. The summed E-state index contributed by atoms with van der Waals surface area (Å²) in [4.78, 5) is 15.5. The van der Waals surface area contributed by atoms with Gasteiger partial charge in [-0.25, -0.2) is 0 Å². The van der Waals surface area contributed by atoms with E-state index in [1.807, 2.05) is 12.1 Å². The average Bonchev–Trinajstić information content (AvgIpc) is 2.68. The molecule has 0 radical (unpaired) electrons. The van der Waals surface area contributed by atoms with Gasteiger partial charge in [-0.2, -0.15) is 0 Å². The minimum Gasteiger partial charge on any atom is -0.303 e. The van der Waals surface area contributed by atoms with Gasteiger partial charge in [0.2, 0.25) is 0 Å². The number of ketones is 1. The van der Waals surface area contributed by atoms with Gasteiger partial charge in [-0.3, -0.25) is 4.79 Å². The van der Waals surface area contributed by atoms with Crippen LogP contribution < -0.4 is 0 Å². The Labute approximate surface area is 167 Å². The van der Waals surface area contributed by atoms with Gasteiger partial charge in [-0.1, -0.05) is 54.6 Å². The fourth-order valence-electron chi connectivity index (χ4n) is 4.58. The number of carbonyl (C=O) groups excluding carboxylic acids is 1. The number of benzene rings is 2. The molecule has 1 fully saturated rings. The first-order valence-electron chi connectivity index (χ1n) is 9.69. The molecular weight excluding hydrogens is 386 g/mol. The summed E-state index contributed by atoms with van der Waals surface area (Å²) >= 11 is 0. The molecule has 1 atom stereocenters. The molecule has 0 amide bonds. The lowest BCUT2D eigenvalue weighted by molar-refractivity contribution is 0.0769. The number of nitrogens with zero attached hydrogens (tertiary/aromatic N) is 1. The number of halogens is 1. The molecule has 1 unspecified atom stereocenters. The molecule has 4 rings (SSSR count). The van der Waals surface area contributed by atoms with Crippen LogP contribution in [0.4, 0.5) is 0 Å². The third-order valence-electron chi connectivity index (χ3n) is 6.11. The molecular formula is C23H28BrNO. The van der Waals surface area contributed by atoms with Gasteiger partial charge < -0.3 is 4.90 Å². The summed E-state index contributed by atoms with van der Waals surface area (Å²) in [5, 5.41) is 0. The van der Waals surface area contributed by atoms with Crippen LogP contribution in [-0.2, 0) is 12.8 Å². The van der Waals surface area contributed by atoms with Crippen LogP contribution in [0.3, 0.4) is 0 Å². The van der Waals surface area contributed by atoms with Crippen molar-refractivity contribution in [2.24, 2.45) is 11.8 Å². The number of aryl methyl sites for hydroxylation is 1. The highest BCUT2D eigenvalue weighted by Crippen LogP contribution is 2.35. The Balaban J connectivity index is 0.00000196. The first kappa shape index (κ1) is 19.3. The second-order valence-electron chi connectivity index (χ2n) is 7.58. The third-order valence-corrected chi connectivity index (χ3v) is 6.11. The SMILES string of the molecule is Br.O=C1c2ccccc2CCC1C1CCN(CCc2ccccc2)CC1. The van der Waals surface area contributed by atoms with E-state index in [-0.39, 0.29) is 22.9 Å². The summed E-state index contributed by atoms with van der Waals surface area (Å²) in [5.74, 6) is 1.24. The molecule has 2 nitrogen and oxygen atoms in total. The maximum absolute atomic E-state index is 12.9. The van der Waals surface area contributed by atoms with Gasteiger partial charge >= 0.3 is 0 Å². The van der Waals surface area contributed by atoms with E-state index in [1.165, 1.54) is 24.0 Å². The van der Waals surface area contributed by atoms with E-state index in [0.29, 0.717) is 11.7 Å². The van der Waals surface area contributed by atoms with Crippen LogP contribution in [0, 0.1) is 11.8 Å². The number of likely N-dealkylation sites (tertiary alicyclic amines) is 1. The molecule has 2 aromatic carbocycles. The minimum atomic E-state index is 0.